The van der Waals surface area contributed by atoms with Crippen LogP contribution in [-0.2, 0) is 4.79 Å². The van der Waals surface area contributed by atoms with Crippen LogP contribution in [0.4, 0.5) is 5.82 Å². The van der Waals surface area contributed by atoms with E-state index in [1.54, 1.807) is 0 Å². The highest BCUT2D eigenvalue weighted by atomic mass is 16.2. The van der Waals surface area contributed by atoms with E-state index < -0.39 is 0 Å². The van der Waals surface area contributed by atoms with Crippen molar-refractivity contribution in [1.29, 1.82) is 0 Å². The van der Waals surface area contributed by atoms with Crippen LogP contribution in [0.25, 0.3) is 11.3 Å². The SMILES string of the molecule is Cc1ccc(-c2ccc(N3CCN(C(=O)CC4CCCC4)CC3)nn2)cc1C. The lowest BCUT2D eigenvalue weighted by molar-refractivity contribution is -0.132. The Morgan fingerprint density at radius 1 is 0.964 bits per heavy atom. The van der Waals surface area contributed by atoms with Crippen molar-refractivity contribution in [3.63, 3.8) is 0 Å². The Morgan fingerprint density at radius 3 is 2.36 bits per heavy atom. The molecule has 0 N–H and O–H groups in total. The molecule has 1 amide bonds. The molecular formula is C23H30N4O. The minimum absolute atomic E-state index is 0.336. The highest BCUT2D eigenvalue weighted by molar-refractivity contribution is 5.76. The molecule has 1 aromatic heterocycles. The van der Waals surface area contributed by atoms with Crippen LogP contribution < -0.4 is 4.90 Å². The van der Waals surface area contributed by atoms with Crippen LogP contribution in [0.2, 0.25) is 0 Å². The van der Waals surface area contributed by atoms with Crippen molar-refractivity contribution < 1.29 is 4.79 Å². The van der Waals surface area contributed by atoms with Gasteiger partial charge in [-0.05, 0) is 61.9 Å². The third-order valence-corrected chi connectivity index (χ3v) is 6.35. The van der Waals surface area contributed by atoms with E-state index in [-0.39, 0.29) is 0 Å². The van der Waals surface area contributed by atoms with Crippen LogP contribution in [0.5, 0.6) is 0 Å². The number of amides is 1. The summed E-state index contributed by atoms with van der Waals surface area (Å²) >= 11 is 0. The summed E-state index contributed by atoms with van der Waals surface area (Å²) in [5.41, 5.74) is 4.55. The summed E-state index contributed by atoms with van der Waals surface area (Å²) < 4.78 is 0. The van der Waals surface area contributed by atoms with Crippen molar-refractivity contribution in [1.82, 2.24) is 15.1 Å². The quantitative estimate of drug-likeness (QED) is 0.807. The molecule has 2 aromatic rings. The zero-order valence-corrected chi connectivity index (χ0v) is 17.0. The molecule has 0 atom stereocenters. The van der Waals surface area contributed by atoms with Crippen LogP contribution >= 0.6 is 0 Å². The third kappa shape index (κ3) is 4.18. The van der Waals surface area contributed by atoms with Crippen molar-refractivity contribution in [2.45, 2.75) is 46.0 Å². The van der Waals surface area contributed by atoms with Gasteiger partial charge in [0.15, 0.2) is 5.82 Å². The van der Waals surface area contributed by atoms with E-state index in [0.29, 0.717) is 11.8 Å². The Morgan fingerprint density at radius 2 is 1.71 bits per heavy atom. The number of anilines is 1. The van der Waals surface area contributed by atoms with E-state index in [1.807, 2.05) is 17.0 Å². The molecule has 4 rings (SSSR count). The summed E-state index contributed by atoms with van der Waals surface area (Å²) in [5.74, 6) is 1.85. The van der Waals surface area contributed by atoms with Gasteiger partial charge in [-0.1, -0.05) is 25.0 Å². The Bertz CT molecular complexity index is 819. The molecule has 0 bridgehead atoms. The van der Waals surface area contributed by atoms with Crippen LogP contribution in [-0.4, -0.2) is 47.2 Å². The number of carbonyl (C=O) groups excluding carboxylic acids is 1. The molecule has 5 nitrogen and oxygen atoms in total. The molecule has 2 aliphatic rings. The van der Waals surface area contributed by atoms with Gasteiger partial charge in [0.25, 0.3) is 0 Å². The normalized spacial score (nSPS) is 17.9. The largest absolute Gasteiger partial charge is 0.352 e. The fourth-order valence-electron chi connectivity index (χ4n) is 4.32. The highest BCUT2D eigenvalue weighted by Gasteiger charge is 2.25. The fraction of sp³-hybridized carbons (Fsp3) is 0.522. The molecule has 1 aliphatic carbocycles. The van der Waals surface area contributed by atoms with E-state index >= 15 is 0 Å². The van der Waals surface area contributed by atoms with Gasteiger partial charge in [0, 0.05) is 38.2 Å². The van der Waals surface area contributed by atoms with Crippen LogP contribution in [0, 0.1) is 19.8 Å². The monoisotopic (exact) mass is 378 g/mol. The summed E-state index contributed by atoms with van der Waals surface area (Å²) in [5, 5.41) is 8.90. The Balaban J connectivity index is 1.34. The van der Waals surface area contributed by atoms with Crippen molar-refractivity contribution in [2.24, 2.45) is 5.92 Å². The minimum atomic E-state index is 0.336. The maximum absolute atomic E-state index is 12.5. The zero-order valence-electron chi connectivity index (χ0n) is 17.0. The average Bonchev–Trinajstić information content (AvgIpc) is 3.23. The number of aromatic nitrogens is 2. The van der Waals surface area contributed by atoms with E-state index in [2.05, 4.69) is 47.1 Å². The second-order valence-electron chi connectivity index (χ2n) is 8.30. The molecule has 148 valence electrons. The van der Waals surface area contributed by atoms with E-state index in [0.717, 1.165) is 49.7 Å². The number of hydrogen-bond acceptors (Lipinski definition) is 4. The Hall–Kier alpha value is -2.43. The lowest BCUT2D eigenvalue weighted by Crippen LogP contribution is -2.49. The van der Waals surface area contributed by atoms with Crippen LogP contribution in [0.3, 0.4) is 0 Å². The molecule has 1 aromatic carbocycles. The number of aryl methyl sites for hydroxylation is 2. The first-order chi connectivity index (χ1) is 13.6. The smallest absolute Gasteiger partial charge is 0.222 e. The maximum atomic E-state index is 12.5. The van der Waals surface area contributed by atoms with Crippen molar-refractivity contribution in [3.8, 4) is 11.3 Å². The topological polar surface area (TPSA) is 49.3 Å². The van der Waals surface area contributed by atoms with Gasteiger partial charge in [0.05, 0.1) is 5.69 Å². The van der Waals surface area contributed by atoms with E-state index in [9.17, 15) is 4.79 Å². The van der Waals surface area contributed by atoms with Crippen molar-refractivity contribution in [2.75, 3.05) is 31.1 Å². The molecule has 1 aliphatic heterocycles. The first kappa shape index (κ1) is 18.9. The molecule has 5 heteroatoms. The maximum Gasteiger partial charge on any atom is 0.222 e. The number of rotatable bonds is 4. The number of hydrogen-bond donors (Lipinski definition) is 0. The summed E-state index contributed by atoms with van der Waals surface area (Å²) in [6.07, 6.45) is 5.79. The Labute approximate surface area is 167 Å². The summed E-state index contributed by atoms with van der Waals surface area (Å²) in [6.45, 7) is 7.46. The van der Waals surface area contributed by atoms with Gasteiger partial charge in [-0.3, -0.25) is 4.79 Å². The molecule has 28 heavy (non-hydrogen) atoms. The predicted octanol–water partition coefficient (Wildman–Crippen LogP) is 3.99. The molecule has 0 spiro atoms. The van der Waals surface area contributed by atoms with E-state index in [1.165, 1.54) is 36.8 Å². The standard InChI is InChI=1S/C23H30N4O/c1-17-7-8-20(15-18(17)2)21-9-10-22(25-24-21)26-11-13-27(14-12-26)23(28)16-19-5-3-4-6-19/h7-10,15,19H,3-6,11-14,16H2,1-2H3. The number of nitrogens with zero attached hydrogens (tertiary/aromatic N) is 4. The molecule has 1 saturated carbocycles. The lowest BCUT2D eigenvalue weighted by Gasteiger charge is -2.35. The predicted molar refractivity (Wildman–Crippen MR) is 112 cm³/mol. The number of piperazine rings is 1. The lowest BCUT2D eigenvalue weighted by atomic mass is 10.0. The summed E-state index contributed by atoms with van der Waals surface area (Å²) in [6, 6.07) is 10.5. The third-order valence-electron chi connectivity index (χ3n) is 6.35. The second-order valence-corrected chi connectivity index (χ2v) is 8.30. The molecule has 0 radical (unpaired) electrons. The summed E-state index contributed by atoms with van der Waals surface area (Å²) in [7, 11) is 0. The van der Waals surface area contributed by atoms with Gasteiger partial charge in [-0.2, -0.15) is 0 Å². The zero-order chi connectivity index (χ0) is 19.5. The van der Waals surface area contributed by atoms with Gasteiger partial charge >= 0.3 is 0 Å². The molecule has 1 saturated heterocycles. The van der Waals surface area contributed by atoms with Gasteiger partial charge in [0.1, 0.15) is 0 Å². The first-order valence-corrected chi connectivity index (χ1v) is 10.5. The summed E-state index contributed by atoms with van der Waals surface area (Å²) in [4.78, 5) is 16.8. The Kier molecular flexibility index (Phi) is 5.60. The van der Waals surface area contributed by atoms with Gasteiger partial charge in [-0.25, -0.2) is 0 Å². The number of carbonyl (C=O) groups is 1. The first-order valence-electron chi connectivity index (χ1n) is 10.5. The van der Waals surface area contributed by atoms with Gasteiger partial charge < -0.3 is 9.80 Å². The molecule has 0 unspecified atom stereocenters. The molecule has 2 fully saturated rings. The van der Waals surface area contributed by atoms with E-state index in [4.69, 9.17) is 0 Å². The minimum Gasteiger partial charge on any atom is -0.352 e. The second kappa shape index (κ2) is 8.29. The average molecular weight is 379 g/mol. The van der Waals surface area contributed by atoms with Crippen molar-refractivity contribution in [3.05, 3.63) is 41.5 Å². The fourth-order valence-corrected chi connectivity index (χ4v) is 4.32. The molecular weight excluding hydrogens is 348 g/mol. The number of benzene rings is 1. The van der Waals surface area contributed by atoms with Crippen LogP contribution in [0.1, 0.15) is 43.2 Å². The van der Waals surface area contributed by atoms with Crippen molar-refractivity contribution >= 4 is 11.7 Å². The highest BCUT2D eigenvalue weighted by Crippen LogP contribution is 2.28. The molecule has 2 heterocycles. The van der Waals surface area contributed by atoms with Gasteiger partial charge in [0.2, 0.25) is 5.91 Å². The van der Waals surface area contributed by atoms with Crippen LogP contribution in [0.15, 0.2) is 30.3 Å². The van der Waals surface area contributed by atoms with Gasteiger partial charge in [-0.15, -0.1) is 10.2 Å².